The van der Waals surface area contributed by atoms with E-state index in [1.165, 1.54) is 62.5 Å². The molecule has 1 aliphatic rings. The lowest BCUT2D eigenvalue weighted by molar-refractivity contribution is 0.153. The Kier molecular flexibility index (Phi) is 9.65. The summed E-state index contributed by atoms with van der Waals surface area (Å²) in [6.07, 6.45) is 14.1. The molecule has 1 aromatic carbocycles. The Balaban J connectivity index is 1.74. The second kappa shape index (κ2) is 11.5. The summed E-state index contributed by atoms with van der Waals surface area (Å²) in [5.74, 6) is 0.337. The van der Waals surface area contributed by atoms with Gasteiger partial charge in [-0.25, -0.2) is 4.57 Å². The molecule has 0 spiro atoms. The molecule has 2 rings (SSSR count). The van der Waals surface area contributed by atoms with Crippen molar-refractivity contribution in [3.8, 4) is 0 Å². The van der Waals surface area contributed by atoms with Gasteiger partial charge in [-0.05, 0) is 49.1 Å². The van der Waals surface area contributed by atoms with Gasteiger partial charge in [0.1, 0.15) is 0 Å². The Bertz CT molecular complexity index is 633. The van der Waals surface area contributed by atoms with Crippen LogP contribution in [-0.2, 0) is 15.5 Å². The van der Waals surface area contributed by atoms with Gasteiger partial charge >= 0.3 is 7.82 Å². The van der Waals surface area contributed by atoms with Crippen molar-refractivity contribution in [1.29, 1.82) is 0 Å². The number of unbranched alkanes of at least 4 members (excludes halogenated alkanes) is 7. The molecule has 0 saturated heterocycles. The first-order chi connectivity index (χ1) is 13.3. The fraction of sp³-hybridized carbons (Fsp3) is 0.727. The van der Waals surface area contributed by atoms with Gasteiger partial charge in [0.2, 0.25) is 0 Å². The molecule has 0 aromatic heterocycles. The lowest BCUT2D eigenvalue weighted by Gasteiger charge is -2.24. The van der Waals surface area contributed by atoms with E-state index in [2.05, 4.69) is 35.7 Å². The Morgan fingerprint density at radius 3 is 2.50 bits per heavy atom. The molecule has 1 aromatic rings. The van der Waals surface area contributed by atoms with E-state index in [1.54, 1.807) is 0 Å². The van der Waals surface area contributed by atoms with Gasteiger partial charge in [0.15, 0.2) is 0 Å². The third-order valence-corrected chi connectivity index (χ3v) is 6.37. The van der Waals surface area contributed by atoms with Gasteiger partial charge in [0.25, 0.3) is 0 Å². The predicted octanol–water partition coefficient (Wildman–Crippen LogP) is 5.44. The first-order valence-corrected chi connectivity index (χ1v) is 12.4. The van der Waals surface area contributed by atoms with E-state index in [1.807, 2.05) is 0 Å². The SMILES string of the molecule is CCCCCCCCCCc1cccc([C@H]2CC[C@](N)(COP(=O)(O)O)C2)c1. The van der Waals surface area contributed by atoms with E-state index in [0.717, 1.165) is 19.3 Å². The van der Waals surface area contributed by atoms with Crippen molar-refractivity contribution in [3.63, 3.8) is 0 Å². The number of hydrogen-bond acceptors (Lipinski definition) is 3. The maximum absolute atomic E-state index is 11.0. The zero-order chi connectivity index (χ0) is 20.5. The molecule has 28 heavy (non-hydrogen) atoms. The molecule has 1 fully saturated rings. The van der Waals surface area contributed by atoms with Gasteiger partial charge in [-0.15, -0.1) is 0 Å². The number of rotatable bonds is 13. The van der Waals surface area contributed by atoms with Gasteiger partial charge in [-0.1, -0.05) is 76.1 Å². The van der Waals surface area contributed by atoms with Crippen LogP contribution in [0.1, 0.15) is 94.6 Å². The molecule has 5 nitrogen and oxygen atoms in total. The summed E-state index contributed by atoms with van der Waals surface area (Å²) in [6, 6.07) is 8.77. The summed E-state index contributed by atoms with van der Waals surface area (Å²) in [5.41, 5.74) is 8.34. The van der Waals surface area contributed by atoms with Crippen molar-refractivity contribution in [2.75, 3.05) is 6.61 Å². The smallest absolute Gasteiger partial charge is 0.323 e. The molecule has 0 unspecified atom stereocenters. The van der Waals surface area contributed by atoms with E-state index in [9.17, 15) is 4.57 Å². The first-order valence-electron chi connectivity index (χ1n) is 10.9. The van der Waals surface area contributed by atoms with E-state index in [4.69, 9.17) is 15.5 Å². The largest absolute Gasteiger partial charge is 0.469 e. The van der Waals surface area contributed by atoms with Gasteiger partial charge in [0, 0.05) is 5.54 Å². The van der Waals surface area contributed by atoms with Crippen molar-refractivity contribution >= 4 is 7.82 Å². The summed E-state index contributed by atoms with van der Waals surface area (Å²) in [6.45, 7) is 2.16. The minimum Gasteiger partial charge on any atom is -0.323 e. The summed E-state index contributed by atoms with van der Waals surface area (Å²) < 4.78 is 15.6. The molecule has 1 aliphatic carbocycles. The highest BCUT2D eigenvalue weighted by molar-refractivity contribution is 7.46. The number of hydrogen-bond donors (Lipinski definition) is 3. The molecule has 6 heteroatoms. The highest BCUT2D eigenvalue weighted by Crippen LogP contribution is 2.43. The van der Waals surface area contributed by atoms with Gasteiger partial charge in [0.05, 0.1) is 6.61 Å². The topological polar surface area (TPSA) is 92.8 Å². The molecule has 0 heterocycles. The molecule has 0 amide bonds. The highest BCUT2D eigenvalue weighted by atomic mass is 31.2. The second-order valence-corrected chi connectivity index (χ2v) is 9.78. The monoisotopic (exact) mass is 411 g/mol. The average Bonchev–Trinajstić information content (AvgIpc) is 3.05. The molecule has 0 aliphatic heterocycles. The van der Waals surface area contributed by atoms with Crippen molar-refractivity contribution in [2.45, 2.75) is 95.4 Å². The molecule has 4 N–H and O–H groups in total. The third kappa shape index (κ3) is 8.75. The molecule has 0 bridgehead atoms. The third-order valence-electron chi connectivity index (χ3n) is 5.91. The lowest BCUT2D eigenvalue weighted by Crippen LogP contribution is -2.41. The Hall–Kier alpha value is -0.710. The minimum absolute atomic E-state index is 0.0915. The van der Waals surface area contributed by atoms with Crippen LogP contribution in [0.5, 0.6) is 0 Å². The first kappa shape index (κ1) is 23.6. The van der Waals surface area contributed by atoms with Crippen LogP contribution in [0.2, 0.25) is 0 Å². The minimum atomic E-state index is -4.47. The van der Waals surface area contributed by atoms with Crippen LogP contribution in [0.25, 0.3) is 0 Å². The Morgan fingerprint density at radius 1 is 1.14 bits per heavy atom. The standard InChI is InChI=1S/C22H38NO4P/c1-2-3-4-5-6-7-8-9-11-19-12-10-13-20(16-19)21-14-15-22(23,17-21)18-27-28(24,25)26/h10,12-13,16,21H,2-9,11,14-15,17-18,23H2,1H3,(H2,24,25,26)/t21-,22+/m0/s1. The second-order valence-electron chi connectivity index (χ2n) is 8.54. The number of aryl methyl sites for hydroxylation is 1. The van der Waals surface area contributed by atoms with E-state index in [-0.39, 0.29) is 6.61 Å². The summed E-state index contributed by atoms with van der Waals surface area (Å²) in [4.78, 5) is 17.8. The molecule has 1 saturated carbocycles. The Morgan fingerprint density at radius 2 is 1.82 bits per heavy atom. The Labute approximate surface area is 170 Å². The van der Waals surface area contributed by atoms with Crippen LogP contribution in [-0.4, -0.2) is 21.9 Å². The number of phosphoric acid groups is 1. The number of phosphoric ester groups is 1. The van der Waals surface area contributed by atoms with Crippen LogP contribution >= 0.6 is 7.82 Å². The van der Waals surface area contributed by atoms with E-state index >= 15 is 0 Å². The molecule has 2 atom stereocenters. The molecular formula is C22H38NO4P. The normalized spacial score (nSPS) is 22.6. The summed E-state index contributed by atoms with van der Waals surface area (Å²) in [5, 5.41) is 0. The van der Waals surface area contributed by atoms with Crippen LogP contribution in [0.3, 0.4) is 0 Å². The van der Waals surface area contributed by atoms with E-state index < -0.39 is 13.4 Å². The number of benzene rings is 1. The fourth-order valence-electron chi connectivity index (χ4n) is 4.25. The van der Waals surface area contributed by atoms with Crippen LogP contribution in [0.4, 0.5) is 0 Å². The zero-order valence-corrected chi connectivity index (χ0v) is 18.2. The van der Waals surface area contributed by atoms with Crippen LogP contribution in [0.15, 0.2) is 24.3 Å². The molecule has 0 radical (unpaired) electrons. The van der Waals surface area contributed by atoms with E-state index in [0.29, 0.717) is 12.3 Å². The quantitative estimate of drug-likeness (QED) is 0.297. The predicted molar refractivity (Wildman–Crippen MR) is 114 cm³/mol. The highest BCUT2D eigenvalue weighted by Gasteiger charge is 2.38. The van der Waals surface area contributed by atoms with Crippen LogP contribution < -0.4 is 5.73 Å². The van der Waals surface area contributed by atoms with Gasteiger partial charge < -0.3 is 15.5 Å². The number of nitrogens with two attached hydrogens (primary N) is 1. The van der Waals surface area contributed by atoms with Gasteiger partial charge in [-0.3, -0.25) is 4.52 Å². The van der Waals surface area contributed by atoms with Crippen molar-refractivity contribution in [1.82, 2.24) is 0 Å². The van der Waals surface area contributed by atoms with Crippen molar-refractivity contribution in [3.05, 3.63) is 35.4 Å². The van der Waals surface area contributed by atoms with Crippen molar-refractivity contribution in [2.24, 2.45) is 5.73 Å². The summed E-state index contributed by atoms with van der Waals surface area (Å²) in [7, 11) is -4.47. The maximum Gasteiger partial charge on any atom is 0.469 e. The lowest BCUT2D eigenvalue weighted by atomic mass is 9.92. The van der Waals surface area contributed by atoms with Gasteiger partial charge in [-0.2, -0.15) is 0 Å². The molecule has 160 valence electrons. The summed E-state index contributed by atoms with van der Waals surface area (Å²) >= 11 is 0. The zero-order valence-electron chi connectivity index (χ0n) is 17.3. The molecular weight excluding hydrogens is 373 g/mol. The maximum atomic E-state index is 11.0. The van der Waals surface area contributed by atoms with Crippen LogP contribution in [0, 0.1) is 0 Å². The van der Waals surface area contributed by atoms with Crippen molar-refractivity contribution < 1.29 is 18.9 Å². The average molecular weight is 412 g/mol. The fourth-order valence-corrected chi connectivity index (χ4v) is 4.68.